The van der Waals surface area contributed by atoms with Gasteiger partial charge >= 0.3 is 6.18 Å². The summed E-state index contributed by atoms with van der Waals surface area (Å²) in [6.07, 6.45) is -3.61. The second-order valence-corrected chi connectivity index (χ2v) is 6.65. The van der Waals surface area contributed by atoms with E-state index in [-0.39, 0.29) is 18.1 Å². The summed E-state index contributed by atoms with van der Waals surface area (Å²) in [4.78, 5) is 16.3. The summed E-state index contributed by atoms with van der Waals surface area (Å²) in [7, 11) is 0. The van der Waals surface area contributed by atoms with E-state index < -0.39 is 11.7 Å². The monoisotopic (exact) mass is 418 g/mol. The Morgan fingerprint density at radius 3 is 2.40 bits per heavy atom. The molecule has 0 unspecified atom stereocenters. The van der Waals surface area contributed by atoms with Gasteiger partial charge in [-0.05, 0) is 57.2 Å². The van der Waals surface area contributed by atoms with Crippen molar-refractivity contribution in [3.63, 3.8) is 0 Å². The molecule has 0 aliphatic carbocycles. The van der Waals surface area contributed by atoms with Gasteiger partial charge < -0.3 is 10.1 Å². The zero-order valence-electron chi connectivity index (χ0n) is 16.7. The highest BCUT2D eigenvalue weighted by Crippen LogP contribution is 2.29. The molecule has 0 fully saturated rings. The van der Waals surface area contributed by atoms with Gasteiger partial charge in [-0.2, -0.15) is 18.3 Å². The van der Waals surface area contributed by atoms with Crippen LogP contribution in [0, 0.1) is 13.8 Å². The largest absolute Gasteiger partial charge is 0.494 e. The molecule has 3 rings (SSSR count). The fraction of sp³-hybridized carbons (Fsp3) is 0.286. The molecule has 0 radical (unpaired) electrons. The molecule has 2 aromatic heterocycles. The molecule has 1 amide bonds. The first-order valence-electron chi connectivity index (χ1n) is 9.30. The van der Waals surface area contributed by atoms with E-state index in [1.54, 1.807) is 38.1 Å². The van der Waals surface area contributed by atoms with Crippen LogP contribution in [0.3, 0.4) is 0 Å². The Kier molecular flexibility index (Phi) is 6.09. The second-order valence-electron chi connectivity index (χ2n) is 6.65. The van der Waals surface area contributed by atoms with E-state index in [1.807, 2.05) is 6.92 Å². The summed E-state index contributed by atoms with van der Waals surface area (Å²) in [6, 6.07) is 9.24. The van der Waals surface area contributed by atoms with Gasteiger partial charge in [0.25, 0.3) is 0 Å². The number of pyridine rings is 1. The molecule has 9 heteroatoms. The van der Waals surface area contributed by atoms with Crippen LogP contribution >= 0.6 is 0 Å². The zero-order valence-corrected chi connectivity index (χ0v) is 16.7. The Morgan fingerprint density at radius 1 is 1.13 bits per heavy atom. The van der Waals surface area contributed by atoms with E-state index in [4.69, 9.17) is 4.74 Å². The van der Waals surface area contributed by atoms with Crippen LogP contribution in [0.2, 0.25) is 0 Å². The normalized spacial score (nSPS) is 11.4. The van der Waals surface area contributed by atoms with Crippen molar-refractivity contribution in [2.24, 2.45) is 0 Å². The molecule has 0 saturated carbocycles. The maximum absolute atomic E-state index is 12.7. The van der Waals surface area contributed by atoms with Crippen molar-refractivity contribution in [2.45, 2.75) is 33.4 Å². The van der Waals surface area contributed by atoms with E-state index in [2.05, 4.69) is 15.4 Å². The summed E-state index contributed by atoms with van der Waals surface area (Å²) in [5.41, 5.74) is 1.75. The molecule has 0 aliphatic heterocycles. The summed E-state index contributed by atoms with van der Waals surface area (Å²) in [5, 5.41) is 7.16. The molecular weight excluding hydrogens is 397 g/mol. The van der Waals surface area contributed by atoms with Crippen molar-refractivity contribution in [1.29, 1.82) is 0 Å². The summed E-state index contributed by atoms with van der Waals surface area (Å²) in [6.45, 7) is 5.94. The fourth-order valence-electron chi connectivity index (χ4n) is 3.00. The predicted octanol–water partition coefficient (Wildman–Crippen LogP) is 4.48. The number of hydrogen-bond donors (Lipinski definition) is 1. The quantitative estimate of drug-likeness (QED) is 0.641. The first-order chi connectivity index (χ1) is 14.2. The molecule has 0 bridgehead atoms. The number of benzene rings is 1. The first kappa shape index (κ1) is 21.4. The van der Waals surface area contributed by atoms with Gasteiger partial charge in [0, 0.05) is 23.1 Å². The number of rotatable bonds is 6. The van der Waals surface area contributed by atoms with E-state index in [0.717, 1.165) is 12.3 Å². The molecule has 6 nitrogen and oxygen atoms in total. The lowest BCUT2D eigenvalue weighted by atomic mass is 10.1. The summed E-state index contributed by atoms with van der Waals surface area (Å²) >= 11 is 0. The van der Waals surface area contributed by atoms with Crippen molar-refractivity contribution >= 4 is 11.6 Å². The van der Waals surface area contributed by atoms with Crippen molar-refractivity contribution in [3.8, 4) is 11.6 Å². The Morgan fingerprint density at radius 2 is 1.83 bits per heavy atom. The van der Waals surface area contributed by atoms with Gasteiger partial charge in [0.1, 0.15) is 5.75 Å². The number of aryl methyl sites for hydroxylation is 1. The Hall–Kier alpha value is -3.36. The number of nitrogens with one attached hydrogen (secondary N) is 1. The van der Waals surface area contributed by atoms with Gasteiger partial charge in [-0.3, -0.25) is 4.79 Å². The number of alkyl halides is 3. The lowest BCUT2D eigenvalue weighted by Crippen LogP contribution is -2.15. The molecule has 2 heterocycles. The molecule has 30 heavy (non-hydrogen) atoms. The van der Waals surface area contributed by atoms with Crippen LogP contribution < -0.4 is 10.1 Å². The van der Waals surface area contributed by atoms with Crippen LogP contribution in [0.1, 0.15) is 29.4 Å². The van der Waals surface area contributed by atoms with Crippen LogP contribution in [-0.4, -0.2) is 27.3 Å². The standard InChI is InChI=1S/C21H21F3N4O2/c1-4-30-17-8-6-16(7-9-17)26-20(29)11-18-13(2)27-28(14(18)3)19-10-5-15(12-25-19)21(22,23)24/h5-10,12H,4,11H2,1-3H3,(H,26,29). The van der Waals surface area contributed by atoms with Gasteiger partial charge in [0.15, 0.2) is 5.82 Å². The minimum absolute atomic E-state index is 0.0749. The van der Waals surface area contributed by atoms with Crippen molar-refractivity contribution in [1.82, 2.24) is 14.8 Å². The highest BCUT2D eigenvalue weighted by molar-refractivity contribution is 5.92. The molecule has 0 aliphatic rings. The number of carbonyl (C=O) groups is 1. The highest BCUT2D eigenvalue weighted by Gasteiger charge is 2.30. The van der Waals surface area contributed by atoms with Crippen molar-refractivity contribution in [2.75, 3.05) is 11.9 Å². The average Bonchev–Trinajstić information content (AvgIpc) is 2.97. The van der Waals surface area contributed by atoms with E-state index in [1.165, 1.54) is 10.7 Å². The number of nitrogens with zero attached hydrogens (tertiary/aromatic N) is 3. The second kappa shape index (κ2) is 8.56. The predicted molar refractivity (Wildman–Crippen MR) is 106 cm³/mol. The third-order valence-corrected chi connectivity index (χ3v) is 4.52. The number of carbonyl (C=O) groups excluding carboxylic acids is 1. The van der Waals surface area contributed by atoms with Gasteiger partial charge in [-0.25, -0.2) is 9.67 Å². The number of anilines is 1. The molecule has 3 aromatic rings. The maximum Gasteiger partial charge on any atom is 0.417 e. The Labute approximate surface area is 171 Å². The molecule has 0 saturated heterocycles. The SMILES string of the molecule is CCOc1ccc(NC(=O)Cc2c(C)nn(-c3ccc(C(F)(F)F)cn3)c2C)cc1. The van der Waals surface area contributed by atoms with Crippen LogP contribution in [0.4, 0.5) is 18.9 Å². The average molecular weight is 418 g/mol. The van der Waals surface area contributed by atoms with E-state index in [9.17, 15) is 18.0 Å². The van der Waals surface area contributed by atoms with E-state index in [0.29, 0.717) is 35.0 Å². The van der Waals surface area contributed by atoms with Crippen molar-refractivity contribution < 1.29 is 22.7 Å². The number of aromatic nitrogens is 3. The van der Waals surface area contributed by atoms with Gasteiger partial charge in [0.05, 0.1) is 24.3 Å². The molecule has 0 spiro atoms. The molecule has 1 N–H and O–H groups in total. The number of halogens is 3. The van der Waals surface area contributed by atoms with Crippen LogP contribution in [0.25, 0.3) is 5.82 Å². The molecule has 0 atom stereocenters. The van der Waals surface area contributed by atoms with Crippen LogP contribution in [0.5, 0.6) is 5.75 Å². The minimum Gasteiger partial charge on any atom is -0.494 e. The minimum atomic E-state index is -4.45. The number of hydrogen-bond acceptors (Lipinski definition) is 4. The highest BCUT2D eigenvalue weighted by atomic mass is 19.4. The lowest BCUT2D eigenvalue weighted by Gasteiger charge is -2.09. The number of ether oxygens (including phenoxy) is 1. The molecule has 1 aromatic carbocycles. The maximum atomic E-state index is 12.7. The van der Waals surface area contributed by atoms with Crippen LogP contribution in [-0.2, 0) is 17.4 Å². The van der Waals surface area contributed by atoms with Crippen molar-refractivity contribution in [3.05, 3.63) is 65.1 Å². The van der Waals surface area contributed by atoms with Crippen LogP contribution in [0.15, 0.2) is 42.6 Å². The topological polar surface area (TPSA) is 69.0 Å². The Balaban J connectivity index is 1.74. The van der Waals surface area contributed by atoms with E-state index >= 15 is 0 Å². The summed E-state index contributed by atoms with van der Waals surface area (Å²) < 4.78 is 45.0. The number of amides is 1. The first-order valence-corrected chi connectivity index (χ1v) is 9.30. The van der Waals surface area contributed by atoms with Gasteiger partial charge in [-0.15, -0.1) is 0 Å². The smallest absolute Gasteiger partial charge is 0.417 e. The third kappa shape index (κ3) is 4.79. The van der Waals surface area contributed by atoms with Gasteiger partial charge in [-0.1, -0.05) is 0 Å². The Bertz CT molecular complexity index is 1030. The third-order valence-electron chi connectivity index (χ3n) is 4.52. The molecular formula is C21H21F3N4O2. The fourth-order valence-corrected chi connectivity index (χ4v) is 3.00. The zero-order chi connectivity index (χ0) is 21.9. The summed E-state index contributed by atoms with van der Waals surface area (Å²) in [5.74, 6) is 0.736. The van der Waals surface area contributed by atoms with Gasteiger partial charge in [0.2, 0.25) is 5.91 Å². The molecule has 158 valence electrons. The lowest BCUT2D eigenvalue weighted by molar-refractivity contribution is -0.137.